The van der Waals surface area contributed by atoms with Crippen LogP contribution in [0.1, 0.15) is 12.8 Å². The third-order valence-corrected chi connectivity index (χ3v) is 4.69. The number of rotatable bonds is 8. The molecule has 2 N–H and O–H groups in total. The molecule has 0 atom stereocenters. The zero-order valence-electron chi connectivity index (χ0n) is 15.8. The molecule has 0 amide bonds. The summed E-state index contributed by atoms with van der Waals surface area (Å²) in [5.74, 6) is 2.55. The van der Waals surface area contributed by atoms with Crippen LogP contribution in [0, 0.1) is 0 Å². The molecule has 0 saturated heterocycles. The van der Waals surface area contributed by atoms with Crippen molar-refractivity contribution in [1.82, 2.24) is 4.57 Å². The summed E-state index contributed by atoms with van der Waals surface area (Å²) in [6, 6.07) is 23.8. The van der Waals surface area contributed by atoms with Crippen LogP contribution in [-0.4, -0.2) is 11.2 Å². The van der Waals surface area contributed by atoms with Crippen molar-refractivity contribution in [3.05, 3.63) is 85.2 Å². The Morgan fingerprint density at radius 1 is 0.750 bits per heavy atom. The van der Waals surface area contributed by atoms with Crippen LogP contribution in [0.25, 0.3) is 22.6 Å². The van der Waals surface area contributed by atoms with Gasteiger partial charge in [-0.2, -0.15) is 0 Å². The lowest BCUT2D eigenvalue weighted by Crippen LogP contribution is -2.00. The highest BCUT2D eigenvalue weighted by atomic mass is 16.5. The molecule has 0 saturated carbocycles. The fraction of sp³-hybridized carbons (Fsp3) is 0.167. The molecule has 2 aromatic heterocycles. The first-order chi connectivity index (χ1) is 13.8. The van der Waals surface area contributed by atoms with Gasteiger partial charge < -0.3 is 19.5 Å². The smallest absolute Gasteiger partial charge is 0.134 e. The van der Waals surface area contributed by atoms with Crippen LogP contribution in [-0.2, 0) is 6.54 Å². The molecular formula is C24H24N2O2. The average Bonchev–Trinajstić information content (AvgIpc) is 3.41. The zero-order valence-corrected chi connectivity index (χ0v) is 15.8. The maximum absolute atomic E-state index is 6.00. The number of anilines is 1. The van der Waals surface area contributed by atoms with Crippen molar-refractivity contribution in [2.24, 2.45) is 0 Å². The fourth-order valence-corrected chi connectivity index (χ4v) is 3.12. The second-order valence-electron chi connectivity index (χ2n) is 6.79. The minimum atomic E-state index is 0.725. The molecule has 0 aliphatic heterocycles. The number of ether oxygens (including phenoxy) is 1. The average molecular weight is 372 g/mol. The lowest BCUT2D eigenvalue weighted by atomic mass is 10.1. The van der Waals surface area contributed by atoms with E-state index < -0.39 is 0 Å². The molecule has 142 valence electrons. The van der Waals surface area contributed by atoms with Crippen LogP contribution >= 0.6 is 0 Å². The first-order valence-electron chi connectivity index (χ1n) is 9.58. The molecule has 0 aliphatic rings. The summed E-state index contributed by atoms with van der Waals surface area (Å²) in [6.45, 7) is 1.76. The number of furan rings is 1. The molecule has 0 spiro atoms. The van der Waals surface area contributed by atoms with E-state index in [1.54, 1.807) is 0 Å². The first-order valence-corrected chi connectivity index (χ1v) is 9.58. The Balaban J connectivity index is 1.30. The lowest BCUT2D eigenvalue weighted by Gasteiger charge is -2.07. The normalized spacial score (nSPS) is 10.9. The van der Waals surface area contributed by atoms with E-state index in [2.05, 4.69) is 29.1 Å². The summed E-state index contributed by atoms with van der Waals surface area (Å²) in [5, 5.41) is 0. The Hall–Kier alpha value is -3.40. The van der Waals surface area contributed by atoms with Crippen molar-refractivity contribution < 1.29 is 9.15 Å². The van der Waals surface area contributed by atoms with Crippen molar-refractivity contribution >= 4 is 5.69 Å². The molecule has 0 unspecified atom stereocenters. The maximum Gasteiger partial charge on any atom is 0.134 e. The molecule has 0 fully saturated rings. The van der Waals surface area contributed by atoms with Crippen LogP contribution in [0.4, 0.5) is 5.69 Å². The Labute approximate surface area is 165 Å². The van der Waals surface area contributed by atoms with E-state index in [4.69, 9.17) is 14.9 Å². The summed E-state index contributed by atoms with van der Waals surface area (Å²) in [7, 11) is 0. The van der Waals surface area contributed by atoms with Crippen LogP contribution in [0.3, 0.4) is 0 Å². The number of unbranched alkanes of at least 4 members (excludes halogenated alkanes) is 1. The highest BCUT2D eigenvalue weighted by molar-refractivity contribution is 5.66. The van der Waals surface area contributed by atoms with Crippen LogP contribution in [0.5, 0.6) is 5.75 Å². The zero-order chi connectivity index (χ0) is 19.2. The van der Waals surface area contributed by atoms with Crippen molar-refractivity contribution in [1.29, 1.82) is 0 Å². The van der Waals surface area contributed by atoms with Crippen LogP contribution in [0.15, 0.2) is 89.6 Å². The number of aromatic nitrogens is 1. The third kappa shape index (κ3) is 4.46. The predicted molar refractivity (Wildman–Crippen MR) is 113 cm³/mol. The van der Waals surface area contributed by atoms with E-state index in [0.29, 0.717) is 0 Å². The van der Waals surface area contributed by atoms with Gasteiger partial charge in [-0.05, 0) is 85.6 Å². The molecule has 2 aromatic carbocycles. The monoisotopic (exact) mass is 372 g/mol. The van der Waals surface area contributed by atoms with E-state index in [9.17, 15) is 0 Å². The number of hydrogen-bond acceptors (Lipinski definition) is 3. The van der Waals surface area contributed by atoms with Crippen molar-refractivity contribution in [3.63, 3.8) is 0 Å². The largest absolute Gasteiger partial charge is 0.494 e. The molecule has 4 nitrogen and oxygen atoms in total. The Morgan fingerprint density at radius 3 is 2.00 bits per heavy atom. The Kier molecular flexibility index (Phi) is 5.48. The standard InChI is InChI=1S/C24H24N2O2/c25-21-9-5-19(6-10-21)23-13-14-24(28-23)20-7-11-22(12-8-20)27-18-4-3-17-26-15-1-2-16-26/h1-2,5-16H,3-4,17-18,25H2. The van der Waals surface area contributed by atoms with Gasteiger partial charge >= 0.3 is 0 Å². The number of aryl methyl sites for hydroxylation is 1. The van der Waals surface area contributed by atoms with Gasteiger partial charge in [-0.1, -0.05) is 0 Å². The van der Waals surface area contributed by atoms with Gasteiger partial charge in [-0.3, -0.25) is 0 Å². The van der Waals surface area contributed by atoms with E-state index >= 15 is 0 Å². The molecule has 0 bridgehead atoms. The Bertz CT molecular complexity index is 984. The van der Waals surface area contributed by atoms with E-state index in [-0.39, 0.29) is 0 Å². The number of nitrogens with zero attached hydrogens (tertiary/aromatic N) is 1. The maximum atomic E-state index is 6.00. The summed E-state index contributed by atoms with van der Waals surface area (Å²) in [4.78, 5) is 0. The lowest BCUT2D eigenvalue weighted by molar-refractivity contribution is 0.303. The van der Waals surface area contributed by atoms with Gasteiger partial charge in [0.1, 0.15) is 17.3 Å². The van der Waals surface area contributed by atoms with Gasteiger partial charge in [0.25, 0.3) is 0 Å². The third-order valence-electron chi connectivity index (χ3n) is 4.69. The molecule has 4 aromatic rings. The molecule has 0 radical (unpaired) electrons. The van der Waals surface area contributed by atoms with Crippen molar-refractivity contribution in [2.75, 3.05) is 12.3 Å². The van der Waals surface area contributed by atoms with Gasteiger partial charge in [-0.15, -0.1) is 0 Å². The predicted octanol–water partition coefficient (Wildman–Crippen LogP) is 5.86. The minimum absolute atomic E-state index is 0.725. The number of benzene rings is 2. The number of nitrogens with two attached hydrogens (primary N) is 1. The van der Waals surface area contributed by atoms with Crippen molar-refractivity contribution in [3.8, 4) is 28.4 Å². The van der Waals surface area contributed by atoms with Crippen LogP contribution < -0.4 is 10.5 Å². The molecular weight excluding hydrogens is 348 g/mol. The Morgan fingerprint density at radius 2 is 1.36 bits per heavy atom. The highest BCUT2D eigenvalue weighted by Gasteiger charge is 2.07. The SMILES string of the molecule is Nc1ccc(-c2ccc(-c3ccc(OCCCCn4cccc4)cc3)o2)cc1. The first kappa shape index (κ1) is 18.0. The second kappa shape index (κ2) is 8.53. The van der Waals surface area contributed by atoms with Gasteiger partial charge in [0.15, 0.2) is 0 Å². The molecule has 0 aliphatic carbocycles. The quantitative estimate of drug-likeness (QED) is 0.311. The van der Waals surface area contributed by atoms with Gasteiger partial charge in [0.05, 0.1) is 6.61 Å². The van der Waals surface area contributed by atoms with E-state index in [1.165, 1.54) is 0 Å². The summed E-state index contributed by atoms with van der Waals surface area (Å²) in [6.07, 6.45) is 6.32. The molecule has 4 rings (SSSR count). The van der Waals surface area contributed by atoms with Gasteiger partial charge in [-0.25, -0.2) is 0 Å². The number of nitrogen functional groups attached to an aromatic ring is 1. The van der Waals surface area contributed by atoms with E-state index in [1.807, 2.05) is 60.7 Å². The van der Waals surface area contributed by atoms with E-state index in [0.717, 1.165) is 60.1 Å². The highest BCUT2D eigenvalue weighted by Crippen LogP contribution is 2.29. The minimum Gasteiger partial charge on any atom is -0.494 e. The second-order valence-corrected chi connectivity index (χ2v) is 6.79. The van der Waals surface area contributed by atoms with Crippen molar-refractivity contribution in [2.45, 2.75) is 19.4 Å². The molecule has 2 heterocycles. The summed E-state index contributed by atoms with van der Waals surface area (Å²) >= 11 is 0. The molecule has 28 heavy (non-hydrogen) atoms. The topological polar surface area (TPSA) is 53.3 Å². The van der Waals surface area contributed by atoms with Gasteiger partial charge in [0.2, 0.25) is 0 Å². The number of hydrogen-bond donors (Lipinski definition) is 1. The fourth-order valence-electron chi connectivity index (χ4n) is 3.12. The molecule has 4 heteroatoms. The summed E-state index contributed by atoms with van der Waals surface area (Å²) < 4.78 is 14.0. The van der Waals surface area contributed by atoms with Crippen LogP contribution in [0.2, 0.25) is 0 Å². The summed E-state index contributed by atoms with van der Waals surface area (Å²) in [5.41, 5.74) is 8.53. The van der Waals surface area contributed by atoms with Gasteiger partial charge in [0, 0.05) is 35.8 Å².